The molecule has 1 atom stereocenters. The van der Waals surface area contributed by atoms with Gasteiger partial charge in [-0.25, -0.2) is 0 Å². The van der Waals surface area contributed by atoms with Crippen molar-refractivity contribution in [2.24, 2.45) is 0 Å². The summed E-state index contributed by atoms with van der Waals surface area (Å²) in [4.78, 5) is 2.80. The first kappa shape index (κ1) is 11.9. The molecule has 1 nitrogen and oxygen atoms in total. The Morgan fingerprint density at radius 3 is 2.83 bits per heavy atom. The van der Waals surface area contributed by atoms with E-state index in [0.717, 1.165) is 6.54 Å². The molecule has 3 aromatic rings. The van der Waals surface area contributed by atoms with Crippen LogP contribution in [0.25, 0.3) is 10.1 Å². The zero-order valence-corrected chi connectivity index (χ0v) is 11.9. The van der Waals surface area contributed by atoms with Gasteiger partial charge in [-0.05, 0) is 35.9 Å². The highest BCUT2D eigenvalue weighted by Gasteiger charge is 2.09. The summed E-state index contributed by atoms with van der Waals surface area (Å²) in [5.74, 6) is 0. The lowest BCUT2D eigenvalue weighted by Crippen LogP contribution is -2.16. The predicted octanol–water partition coefficient (Wildman–Crippen LogP) is 4.81. The molecule has 0 bridgehead atoms. The smallest absolute Gasteiger partial charge is 0.0389 e. The van der Waals surface area contributed by atoms with Crippen molar-refractivity contribution in [3.63, 3.8) is 0 Å². The standard InChI is InChI=1S/C15H15NS2/c1-11(16-10-13-6-4-8-17-13)15-9-12-5-2-3-7-14(12)18-15/h2-9,11,16H,10H2,1H3. The Kier molecular flexibility index (Phi) is 3.46. The lowest BCUT2D eigenvalue weighted by molar-refractivity contribution is 0.587. The van der Waals surface area contributed by atoms with Crippen LogP contribution in [0.1, 0.15) is 22.7 Å². The van der Waals surface area contributed by atoms with E-state index in [2.05, 4.69) is 60.1 Å². The fourth-order valence-corrected chi connectivity index (χ4v) is 3.73. The van der Waals surface area contributed by atoms with Gasteiger partial charge in [0.25, 0.3) is 0 Å². The van der Waals surface area contributed by atoms with Crippen LogP contribution in [0.15, 0.2) is 47.8 Å². The summed E-state index contributed by atoms with van der Waals surface area (Å²) in [6.45, 7) is 3.19. The van der Waals surface area contributed by atoms with E-state index < -0.39 is 0 Å². The summed E-state index contributed by atoms with van der Waals surface area (Å²) < 4.78 is 1.37. The van der Waals surface area contributed by atoms with E-state index in [0.29, 0.717) is 6.04 Å². The summed E-state index contributed by atoms with van der Waals surface area (Å²) in [7, 11) is 0. The number of benzene rings is 1. The molecule has 0 radical (unpaired) electrons. The highest BCUT2D eigenvalue weighted by molar-refractivity contribution is 7.19. The summed E-state index contributed by atoms with van der Waals surface area (Å²) in [6.07, 6.45) is 0. The van der Waals surface area contributed by atoms with Crippen molar-refractivity contribution in [2.45, 2.75) is 19.5 Å². The summed E-state index contributed by atoms with van der Waals surface area (Å²) in [5.41, 5.74) is 0. The Morgan fingerprint density at radius 1 is 1.17 bits per heavy atom. The molecule has 92 valence electrons. The predicted molar refractivity (Wildman–Crippen MR) is 81.4 cm³/mol. The molecule has 0 amide bonds. The second-order valence-electron chi connectivity index (χ2n) is 4.37. The van der Waals surface area contributed by atoms with Gasteiger partial charge in [-0.1, -0.05) is 24.3 Å². The van der Waals surface area contributed by atoms with E-state index in [1.807, 2.05) is 11.3 Å². The zero-order valence-electron chi connectivity index (χ0n) is 10.2. The van der Waals surface area contributed by atoms with Crippen LogP contribution in [0.4, 0.5) is 0 Å². The van der Waals surface area contributed by atoms with Crippen LogP contribution in [0.2, 0.25) is 0 Å². The second kappa shape index (κ2) is 5.22. The van der Waals surface area contributed by atoms with Crippen molar-refractivity contribution in [2.75, 3.05) is 0 Å². The fraction of sp³-hybridized carbons (Fsp3) is 0.200. The molecule has 0 saturated heterocycles. The van der Waals surface area contributed by atoms with Crippen LogP contribution >= 0.6 is 22.7 Å². The van der Waals surface area contributed by atoms with Crippen molar-refractivity contribution < 1.29 is 0 Å². The normalized spacial score (nSPS) is 12.9. The first-order valence-electron chi connectivity index (χ1n) is 6.07. The monoisotopic (exact) mass is 273 g/mol. The molecule has 18 heavy (non-hydrogen) atoms. The van der Waals surface area contributed by atoms with Crippen LogP contribution in [0, 0.1) is 0 Å². The fourth-order valence-electron chi connectivity index (χ4n) is 1.98. The zero-order chi connectivity index (χ0) is 12.4. The second-order valence-corrected chi connectivity index (χ2v) is 6.52. The molecule has 0 fully saturated rings. The Hall–Kier alpha value is -1.16. The molecule has 0 aliphatic heterocycles. The summed E-state index contributed by atoms with van der Waals surface area (Å²) in [5, 5.41) is 7.06. The highest BCUT2D eigenvalue weighted by Crippen LogP contribution is 2.29. The molecule has 3 heteroatoms. The van der Waals surface area contributed by atoms with Gasteiger partial charge < -0.3 is 5.32 Å². The molecule has 1 aromatic carbocycles. The van der Waals surface area contributed by atoms with Crippen LogP contribution < -0.4 is 5.32 Å². The van der Waals surface area contributed by atoms with Crippen molar-refractivity contribution in [1.29, 1.82) is 0 Å². The third-order valence-corrected chi connectivity index (χ3v) is 5.21. The SMILES string of the molecule is CC(NCc1cccs1)c1cc2ccccc2s1. The minimum atomic E-state index is 0.407. The molecule has 2 heterocycles. The maximum Gasteiger partial charge on any atom is 0.0389 e. The van der Waals surface area contributed by atoms with Gasteiger partial charge in [0.1, 0.15) is 0 Å². The van der Waals surface area contributed by atoms with Crippen LogP contribution in [-0.4, -0.2) is 0 Å². The molecular formula is C15H15NS2. The number of fused-ring (bicyclic) bond motifs is 1. The van der Waals surface area contributed by atoms with E-state index in [4.69, 9.17) is 0 Å². The van der Waals surface area contributed by atoms with Gasteiger partial charge in [0.2, 0.25) is 0 Å². The van der Waals surface area contributed by atoms with Gasteiger partial charge in [0.05, 0.1) is 0 Å². The van der Waals surface area contributed by atoms with Gasteiger partial charge in [-0.15, -0.1) is 22.7 Å². The summed E-state index contributed by atoms with van der Waals surface area (Å²) in [6, 6.07) is 15.6. The largest absolute Gasteiger partial charge is 0.305 e. The number of hydrogen-bond donors (Lipinski definition) is 1. The molecule has 3 rings (SSSR count). The minimum absolute atomic E-state index is 0.407. The molecule has 1 N–H and O–H groups in total. The van der Waals surface area contributed by atoms with Gasteiger partial charge in [0, 0.05) is 27.0 Å². The van der Waals surface area contributed by atoms with Crippen molar-refractivity contribution in [3.8, 4) is 0 Å². The van der Waals surface area contributed by atoms with E-state index in [1.165, 1.54) is 19.8 Å². The molecule has 0 spiro atoms. The van der Waals surface area contributed by atoms with E-state index in [1.54, 1.807) is 11.3 Å². The summed E-state index contributed by atoms with van der Waals surface area (Å²) >= 11 is 3.69. The average Bonchev–Trinajstić information content (AvgIpc) is 3.04. The Bertz CT molecular complexity index is 592. The quantitative estimate of drug-likeness (QED) is 0.719. The van der Waals surface area contributed by atoms with E-state index in [-0.39, 0.29) is 0 Å². The molecule has 0 aliphatic carbocycles. The molecular weight excluding hydrogens is 258 g/mol. The topological polar surface area (TPSA) is 12.0 Å². The Labute approximate surface area is 115 Å². The third kappa shape index (κ3) is 2.48. The van der Waals surface area contributed by atoms with Gasteiger partial charge >= 0.3 is 0 Å². The van der Waals surface area contributed by atoms with E-state index >= 15 is 0 Å². The first-order valence-corrected chi connectivity index (χ1v) is 7.77. The van der Waals surface area contributed by atoms with Crippen molar-refractivity contribution in [3.05, 3.63) is 57.6 Å². The number of rotatable bonds is 4. The lowest BCUT2D eigenvalue weighted by Gasteiger charge is -2.10. The van der Waals surface area contributed by atoms with Crippen LogP contribution in [0.5, 0.6) is 0 Å². The highest BCUT2D eigenvalue weighted by atomic mass is 32.1. The maximum atomic E-state index is 3.58. The van der Waals surface area contributed by atoms with Crippen LogP contribution in [0.3, 0.4) is 0 Å². The number of thiophene rings is 2. The van der Waals surface area contributed by atoms with Gasteiger partial charge in [-0.3, -0.25) is 0 Å². The average molecular weight is 273 g/mol. The van der Waals surface area contributed by atoms with Crippen LogP contribution in [-0.2, 0) is 6.54 Å². The minimum Gasteiger partial charge on any atom is -0.305 e. The first-order chi connectivity index (χ1) is 8.83. The molecule has 2 aromatic heterocycles. The van der Waals surface area contributed by atoms with Crippen molar-refractivity contribution >= 4 is 32.8 Å². The molecule has 0 aliphatic rings. The lowest BCUT2D eigenvalue weighted by atomic mass is 10.2. The van der Waals surface area contributed by atoms with Gasteiger partial charge in [-0.2, -0.15) is 0 Å². The maximum absolute atomic E-state index is 3.58. The van der Waals surface area contributed by atoms with E-state index in [9.17, 15) is 0 Å². The third-order valence-electron chi connectivity index (χ3n) is 3.03. The molecule has 0 saturated carbocycles. The Balaban J connectivity index is 1.73. The van der Waals surface area contributed by atoms with Gasteiger partial charge in [0.15, 0.2) is 0 Å². The van der Waals surface area contributed by atoms with Crippen molar-refractivity contribution in [1.82, 2.24) is 5.32 Å². The number of nitrogens with one attached hydrogen (secondary N) is 1. The molecule has 1 unspecified atom stereocenters. The Morgan fingerprint density at radius 2 is 2.06 bits per heavy atom. The number of hydrogen-bond acceptors (Lipinski definition) is 3.